The molecule has 28 heavy (non-hydrogen) atoms. The molecule has 1 aromatic rings. The molecule has 7 nitrogen and oxygen atoms in total. The number of aliphatic hydroxyl groups excluding tert-OH is 1. The number of hydrazone groups is 1. The molecule has 148 valence electrons. The molecule has 4 rings (SSSR count). The van der Waals surface area contributed by atoms with Gasteiger partial charge in [-0.15, -0.1) is 5.10 Å². The highest BCUT2D eigenvalue weighted by Crippen LogP contribution is 2.48. The Balaban J connectivity index is 1.67. The number of carbonyl (C=O) groups excluding carboxylic acids is 1. The second kappa shape index (κ2) is 6.78. The number of carbonyl (C=O) groups is 1. The first-order chi connectivity index (χ1) is 13.4. The Hall–Kier alpha value is -2.59. The number of rotatable bonds is 4. The number of nitrogens with zero attached hydrogens (tertiary/aromatic N) is 3. The van der Waals surface area contributed by atoms with Crippen molar-refractivity contribution in [3.8, 4) is 11.8 Å². The van der Waals surface area contributed by atoms with Crippen LogP contribution in [0.3, 0.4) is 0 Å². The third-order valence-electron chi connectivity index (χ3n) is 5.69. The van der Waals surface area contributed by atoms with Crippen molar-refractivity contribution in [3.63, 3.8) is 0 Å². The Morgan fingerprint density at radius 1 is 1.43 bits per heavy atom. The van der Waals surface area contributed by atoms with Crippen LogP contribution in [-0.4, -0.2) is 40.2 Å². The van der Waals surface area contributed by atoms with Crippen LogP contribution in [0.2, 0.25) is 0 Å². The molecule has 0 saturated heterocycles. The van der Waals surface area contributed by atoms with Crippen molar-refractivity contribution in [3.05, 3.63) is 29.3 Å². The fraction of sp³-hybridized carbons (Fsp3) is 0.571. The van der Waals surface area contributed by atoms with Gasteiger partial charge in [0.15, 0.2) is 6.10 Å². The number of amides is 1. The highest BCUT2D eigenvalue weighted by Gasteiger charge is 2.54. The zero-order valence-electron chi connectivity index (χ0n) is 16.4. The molecule has 0 aromatic heterocycles. The molecular formula is C21H25N3O4. The maximum absolute atomic E-state index is 12.4. The van der Waals surface area contributed by atoms with Gasteiger partial charge in [0.25, 0.3) is 0 Å². The van der Waals surface area contributed by atoms with E-state index in [1.54, 1.807) is 32.0 Å². The van der Waals surface area contributed by atoms with Crippen LogP contribution >= 0.6 is 0 Å². The summed E-state index contributed by atoms with van der Waals surface area (Å²) in [6.45, 7) is 6.24. The molecule has 1 fully saturated rings. The monoisotopic (exact) mass is 383 g/mol. The predicted molar refractivity (Wildman–Crippen MR) is 101 cm³/mol. The lowest BCUT2D eigenvalue weighted by Crippen LogP contribution is -2.50. The van der Waals surface area contributed by atoms with Gasteiger partial charge < -0.3 is 14.6 Å². The summed E-state index contributed by atoms with van der Waals surface area (Å²) in [6, 6.07) is 7.22. The van der Waals surface area contributed by atoms with E-state index >= 15 is 0 Å². The number of hydrogen-bond donors (Lipinski definition) is 1. The highest BCUT2D eigenvalue weighted by atomic mass is 16.5. The van der Waals surface area contributed by atoms with Crippen LogP contribution in [0, 0.1) is 23.2 Å². The van der Waals surface area contributed by atoms with E-state index in [0.717, 1.165) is 19.3 Å². The molecule has 7 heteroatoms. The maximum Gasteiger partial charge on any atom is 0.246 e. The number of benzene rings is 1. The van der Waals surface area contributed by atoms with Crippen molar-refractivity contribution in [1.82, 2.24) is 5.01 Å². The van der Waals surface area contributed by atoms with E-state index in [9.17, 15) is 15.2 Å². The van der Waals surface area contributed by atoms with Crippen LogP contribution < -0.4 is 4.74 Å². The minimum atomic E-state index is -0.949. The molecule has 1 N–H and O–H groups in total. The average molecular weight is 383 g/mol. The Bertz CT molecular complexity index is 873. The Kier molecular flexibility index (Phi) is 4.54. The summed E-state index contributed by atoms with van der Waals surface area (Å²) in [6.07, 6.45) is 0.916. The molecule has 2 heterocycles. The molecule has 0 spiro atoms. The lowest BCUT2D eigenvalue weighted by Gasteiger charge is -2.42. The van der Waals surface area contributed by atoms with E-state index in [4.69, 9.17) is 9.47 Å². The molecule has 1 amide bonds. The van der Waals surface area contributed by atoms with Crippen molar-refractivity contribution in [2.24, 2.45) is 16.9 Å². The fourth-order valence-corrected chi connectivity index (χ4v) is 3.82. The number of ether oxygens (including phenoxy) is 2. The van der Waals surface area contributed by atoms with Crippen LogP contribution in [0.1, 0.15) is 57.3 Å². The van der Waals surface area contributed by atoms with Crippen molar-refractivity contribution in [1.29, 1.82) is 5.26 Å². The van der Waals surface area contributed by atoms with Gasteiger partial charge in [-0.05, 0) is 44.9 Å². The summed E-state index contributed by atoms with van der Waals surface area (Å²) < 4.78 is 12.2. The number of fused-ring (bicyclic) bond motifs is 2. The van der Waals surface area contributed by atoms with Gasteiger partial charge in [-0.25, -0.2) is 5.01 Å². The van der Waals surface area contributed by atoms with Crippen molar-refractivity contribution >= 4 is 11.8 Å². The van der Waals surface area contributed by atoms with E-state index in [-0.39, 0.29) is 17.7 Å². The van der Waals surface area contributed by atoms with Gasteiger partial charge in [-0.3, -0.25) is 4.79 Å². The minimum Gasteiger partial charge on any atom is -0.485 e. The Morgan fingerprint density at radius 3 is 2.93 bits per heavy atom. The van der Waals surface area contributed by atoms with Gasteiger partial charge >= 0.3 is 0 Å². The highest BCUT2D eigenvalue weighted by molar-refractivity contribution is 5.96. The quantitative estimate of drug-likeness (QED) is 0.863. The molecule has 3 aliphatic rings. The molecule has 4 unspecified atom stereocenters. The summed E-state index contributed by atoms with van der Waals surface area (Å²) >= 11 is 0. The first-order valence-corrected chi connectivity index (χ1v) is 9.83. The second-order valence-electron chi connectivity index (χ2n) is 8.26. The van der Waals surface area contributed by atoms with Gasteiger partial charge in [-0.1, -0.05) is 13.3 Å². The Labute approximate surface area is 164 Å². The van der Waals surface area contributed by atoms with Crippen LogP contribution in [0.15, 0.2) is 23.3 Å². The third kappa shape index (κ3) is 3.12. The lowest BCUT2D eigenvalue weighted by molar-refractivity contribution is -0.134. The number of nitriles is 1. The molecular weight excluding hydrogens is 358 g/mol. The minimum absolute atomic E-state index is 0.0221. The smallest absolute Gasteiger partial charge is 0.246 e. The number of aliphatic hydroxyl groups is 1. The van der Waals surface area contributed by atoms with Crippen molar-refractivity contribution in [2.75, 3.05) is 6.54 Å². The van der Waals surface area contributed by atoms with Gasteiger partial charge in [0.2, 0.25) is 11.8 Å². The SMILES string of the molecule is CCCCN1N=C(OC2c3cc(C#N)ccc3OC(C)(C)C2O)C2CC2C1=O. The summed E-state index contributed by atoms with van der Waals surface area (Å²) in [5.41, 5.74) is 0.238. The van der Waals surface area contributed by atoms with E-state index < -0.39 is 17.8 Å². The number of unbranched alkanes of at least 4 members (excludes halogenated alkanes) is 1. The topological polar surface area (TPSA) is 95.2 Å². The predicted octanol–water partition coefficient (Wildman–Crippen LogP) is 2.74. The summed E-state index contributed by atoms with van der Waals surface area (Å²) in [5, 5.41) is 26.2. The van der Waals surface area contributed by atoms with Crippen LogP contribution in [-0.2, 0) is 9.53 Å². The Morgan fingerprint density at radius 2 is 2.21 bits per heavy atom. The summed E-state index contributed by atoms with van der Waals surface area (Å²) in [4.78, 5) is 12.4. The van der Waals surface area contributed by atoms with Gasteiger partial charge in [0, 0.05) is 18.0 Å². The number of hydrogen-bond acceptors (Lipinski definition) is 6. The van der Waals surface area contributed by atoms with E-state index in [1.165, 1.54) is 5.01 Å². The standard InChI is InChI=1S/C21H25N3O4/c1-4-5-8-24-20(26)14-10-13(14)19(23-24)27-17-15-9-12(11-22)6-7-16(15)28-21(2,3)18(17)25/h6-7,9,13-14,17-18,25H,4-5,8,10H2,1-3H3. The second-order valence-corrected chi connectivity index (χ2v) is 8.26. The van der Waals surface area contributed by atoms with Crippen molar-refractivity contribution in [2.45, 2.75) is 57.8 Å². The summed E-state index contributed by atoms with van der Waals surface area (Å²) in [7, 11) is 0. The van der Waals surface area contributed by atoms with Crippen LogP contribution in [0.4, 0.5) is 0 Å². The van der Waals surface area contributed by atoms with Gasteiger partial charge in [0.05, 0.1) is 17.6 Å². The third-order valence-corrected chi connectivity index (χ3v) is 5.69. The lowest BCUT2D eigenvalue weighted by atomic mass is 9.87. The van der Waals surface area contributed by atoms with E-state index in [2.05, 4.69) is 18.1 Å². The molecule has 4 atom stereocenters. The average Bonchev–Trinajstić information content (AvgIpc) is 3.47. The zero-order valence-corrected chi connectivity index (χ0v) is 16.4. The zero-order chi connectivity index (χ0) is 20.1. The molecule has 1 saturated carbocycles. The molecule has 2 aliphatic heterocycles. The van der Waals surface area contributed by atoms with Gasteiger partial charge in [0.1, 0.15) is 17.5 Å². The van der Waals surface area contributed by atoms with Crippen molar-refractivity contribution < 1.29 is 19.4 Å². The van der Waals surface area contributed by atoms with E-state index in [1.807, 2.05) is 0 Å². The first-order valence-electron chi connectivity index (χ1n) is 9.83. The van der Waals surface area contributed by atoms with Crippen LogP contribution in [0.25, 0.3) is 0 Å². The fourth-order valence-electron chi connectivity index (χ4n) is 3.82. The largest absolute Gasteiger partial charge is 0.485 e. The van der Waals surface area contributed by atoms with E-state index in [0.29, 0.717) is 29.3 Å². The molecule has 0 radical (unpaired) electrons. The maximum atomic E-state index is 12.4. The summed E-state index contributed by atoms with van der Waals surface area (Å²) in [5.74, 6) is 1.05. The first kappa shape index (κ1) is 18.8. The molecule has 1 aromatic carbocycles. The van der Waals surface area contributed by atoms with Gasteiger partial charge in [-0.2, -0.15) is 5.26 Å². The molecule has 0 bridgehead atoms. The normalized spacial score (nSPS) is 29.8. The van der Waals surface area contributed by atoms with Crippen LogP contribution in [0.5, 0.6) is 5.75 Å². The molecule has 1 aliphatic carbocycles.